The first-order valence-electron chi connectivity index (χ1n) is 5.88. The summed E-state index contributed by atoms with van der Waals surface area (Å²) in [5.74, 6) is 2.65. The van der Waals surface area contributed by atoms with Crippen molar-refractivity contribution in [2.24, 2.45) is 11.8 Å². The minimum absolute atomic E-state index is 0.654. The van der Waals surface area contributed by atoms with Crippen LogP contribution in [-0.2, 0) is 6.54 Å². The Kier molecular flexibility index (Phi) is 3.41. The highest BCUT2D eigenvalue weighted by Crippen LogP contribution is 2.29. The molecule has 3 nitrogen and oxygen atoms in total. The van der Waals surface area contributed by atoms with Crippen molar-refractivity contribution in [1.29, 1.82) is 0 Å². The molecule has 2 rings (SSSR count). The molecule has 1 saturated carbocycles. The van der Waals surface area contributed by atoms with Crippen LogP contribution < -0.4 is 5.32 Å². The fraction of sp³-hybridized carbons (Fsp3) is 0.750. The van der Waals surface area contributed by atoms with Crippen LogP contribution >= 0.6 is 0 Å². The first kappa shape index (κ1) is 10.7. The Balaban J connectivity index is 1.76. The predicted octanol–water partition coefficient (Wildman–Crippen LogP) is 2.59. The Morgan fingerprint density at radius 1 is 1.40 bits per heavy atom. The molecule has 0 bridgehead atoms. The number of hydrogen-bond acceptors (Lipinski definition) is 3. The van der Waals surface area contributed by atoms with E-state index in [0.29, 0.717) is 6.04 Å². The maximum Gasteiger partial charge on any atom is 0.150 e. The Labute approximate surface area is 91.2 Å². The number of hydrogen-bond donors (Lipinski definition) is 1. The average molecular weight is 208 g/mol. The maximum atomic E-state index is 5.06. The van der Waals surface area contributed by atoms with Crippen LogP contribution in [0.4, 0.5) is 0 Å². The lowest BCUT2D eigenvalue weighted by Gasteiger charge is -2.32. The molecule has 0 saturated heterocycles. The largest absolute Gasteiger partial charge is 0.360 e. The molecule has 1 fully saturated rings. The van der Waals surface area contributed by atoms with E-state index in [9.17, 15) is 0 Å². The van der Waals surface area contributed by atoms with E-state index in [0.717, 1.165) is 24.1 Å². The smallest absolute Gasteiger partial charge is 0.150 e. The van der Waals surface area contributed by atoms with E-state index in [2.05, 4.69) is 24.3 Å². The molecular formula is C12H20N2O. The fourth-order valence-corrected chi connectivity index (χ4v) is 2.31. The van der Waals surface area contributed by atoms with Gasteiger partial charge in [-0.05, 0) is 31.1 Å². The monoisotopic (exact) mass is 208 g/mol. The maximum absolute atomic E-state index is 5.06. The Morgan fingerprint density at radius 2 is 2.27 bits per heavy atom. The summed E-state index contributed by atoms with van der Waals surface area (Å²) < 4.78 is 5.06. The average Bonchev–Trinajstić information content (AvgIpc) is 2.73. The van der Waals surface area contributed by atoms with Crippen LogP contribution in [0, 0.1) is 11.8 Å². The summed E-state index contributed by atoms with van der Waals surface area (Å²) in [6, 6.07) is 2.57. The number of aromatic nitrogens is 1. The lowest BCUT2D eigenvalue weighted by molar-refractivity contribution is 0.221. The zero-order valence-corrected chi connectivity index (χ0v) is 9.57. The van der Waals surface area contributed by atoms with Crippen LogP contribution in [0.5, 0.6) is 0 Å². The molecule has 3 heteroatoms. The van der Waals surface area contributed by atoms with Crippen molar-refractivity contribution in [2.45, 2.75) is 45.7 Å². The van der Waals surface area contributed by atoms with Crippen LogP contribution in [0.3, 0.4) is 0 Å². The molecule has 0 aromatic carbocycles. The van der Waals surface area contributed by atoms with Crippen LogP contribution in [0.15, 0.2) is 16.8 Å². The molecule has 3 atom stereocenters. The highest BCUT2D eigenvalue weighted by molar-refractivity contribution is 4.93. The third-order valence-electron chi connectivity index (χ3n) is 3.65. The molecule has 1 aromatic rings. The standard InChI is InChI=1S/C12H20N2O/c1-9-3-4-11(7-10(9)2)13-8-12-5-6-14-15-12/h5-6,9-11,13H,3-4,7-8H2,1-2H3. The van der Waals surface area contributed by atoms with Gasteiger partial charge in [0.25, 0.3) is 0 Å². The summed E-state index contributed by atoms with van der Waals surface area (Å²) in [5, 5.41) is 7.24. The second-order valence-corrected chi connectivity index (χ2v) is 4.82. The molecule has 0 aliphatic heterocycles. The minimum atomic E-state index is 0.654. The van der Waals surface area contributed by atoms with Crippen molar-refractivity contribution in [1.82, 2.24) is 10.5 Å². The van der Waals surface area contributed by atoms with Gasteiger partial charge in [-0.25, -0.2) is 0 Å². The molecule has 0 amide bonds. The van der Waals surface area contributed by atoms with Crippen molar-refractivity contribution in [3.63, 3.8) is 0 Å². The van der Waals surface area contributed by atoms with Gasteiger partial charge in [0.05, 0.1) is 12.7 Å². The second-order valence-electron chi connectivity index (χ2n) is 4.82. The van der Waals surface area contributed by atoms with Gasteiger partial charge in [0.15, 0.2) is 0 Å². The highest BCUT2D eigenvalue weighted by atomic mass is 16.5. The number of nitrogens with one attached hydrogen (secondary N) is 1. The molecule has 1 aliphatic rings. The summed E-state index contributed by atoms with van der Waals surface area (Å²) in [6.45, 7) is 5.52. The quantitative estimate of drug-likeness (QED) is 0.829. The van der Waals surface area contributed by atoms with E-state index in [4.69, 9.17) is 4.52 Å². The summed E-state index contributed by atoms with van der Waals surface area (Å²) >= 11 is 0. The minimum Gasteiger partial charge on any atom is -0.360 e. The summed E-state index contributed by atoms with van der Waals surface area (Å²) in [5.41, 5.74) is 0. The summed E-state index contributed by atoms with van der Waals surface area (Å²) in [7, 11) is 0. The number of rotatable bonds is 3. The van der Waals surface area contributed by atoms with Crippen molar-refractivity contribution in [3.05, 3.63) is 18.0 Å². The fourth-order valence-electron chi connectivity index (χ4n) is 2.31. The molecule has 84 valence electrons. The zero-order chi connectivity index (χ0) is 10.7. The van der Waals surface area contributed by atoms with Gasteiger partial charge in [-0.1, -0.05) is 19.0 Å². The normalized spacial score (nSPS) is 31.7. The highest BCUT2D eigenvalue weighted by Gasteiger charge is 2.24. The second kappa shape index (κ2) is 4.79. The molecular weight excluding hydrogens is 188 g/mol. The summed E-state index contributed by atoms with van der Waals surface area (Å²) in [6.07, 6.45) is 5.62. The molecule has 15 heavy (non-hydrogen) atoms. The predicted molar refractivity (Wildman–Crippen MR) is 59.3 cm³/mol. The van der Waals surface area contributed by atoms with Crippen LogP contribution in [0.25, 0.3) is 0 Å². The Morgan fingerprint density at radius 3 is 2.93 bits per heavy atom. The molecule has 1 heterocycles. The third-order valence-corrected chi connectivity index (χ3v) is 3.65. The van der Waals surface area contributed by atoms with E-state index in [1.807, 2.05) is 6.07 Å². The molecule has 3 unspecified atom stereocenters. The Hall–Kier alpha value is -0.830. The first-order chi connectivity index (χ1) is 7.25. The van der Waals surface area contributed by atoms with Crippen LogP contribution in [0.1, 0.15) is 38.9 Å². The van der Waals surface area contributed by atoms with Crippen LogP contribution in [-0.4, -0.2) is 11.2 Å². The van der Waals surface area contributed by atoms with Gasteiger partial charge in [0.2, 0.25) is 0 Å². The van der Waals surface area contributed by atoms with Crippen molar-refractivity contribution < 1.29 is 4.52 Å². The molecule has 0 spiro atoms. The van der Waals surface area contributed by atoms with Gasteiger partial charge in [-0.3, -0.25) is 0 Å². The number of nitrogens with zero attached hydrogens (tertiary/aromatic N) is 1. The lowest BCUT2D eigenvalue weighted by atomic mass is 9.79. The van der Waals surface area contributed by atoms with Gasteiger partial charge >= 0.3 is 0 Å². The van der Waals surface area contributed by atoms with Gasteiger partial charge in [0, 0.05) is 12.1 Å². The molecule has 1 N–H and O–H groups in total. The van der Waals surface area contributed by atoms with E-state index < -0.39 is 0 Å². The van der Waals surface area contributed by atoms with E-state index in [1.165, 1.54) is 19.3 Å². The zero-order valence-electron chi connectivity index (χ0n) is 9.57. The third kappa shape index (κ3) is 2.81. The van der Waals surface area contributed by atoms with Crippen LogP contribution in [0.2, 0.25) is 0 Å². The van der Waals surface area contributed by atoms with E-state index in [-0.39, 0.29) is 0 Å². The van der Waals surface area contributed by atoms with Gasteiger partial charge in [0.1, 0.15) is 5.76 Å². The first-order valence-corrected chi connectivity index (χ1v) is 5.88. The summed E-state index contributed by atoms with van der Waals surface area (Å²) in [4.78, 5) is 0. The SMILES string of the molecule is CC1CCC(NCc2ccno2)CC1C. The van der Waals surface area contributed by atoms with E-state index in [1.54, 1.807) is 6.20 Å². The van der Waals surface area contributed by atoms with Crippen molar-refractivity contribution in [2.75, 3.05) is 0 Å². The lowest BCUT2D eigenvalue weighted by Crippen LogP contribution is -2.35. The Bertz CT molecular complexity index is 284. The van der Waals surface area contributed by atoms with Gasteiger partial charge in [-0.2, -0.15) is 0 Å². The molecule has 0 radical (unpaired) electrons. The molecule has 1 aliphatic carbocycles. The topological polar surface area (TPSA) is 38.1 Å². The van der Waals surface area contributed by atoms with Crippen molar-refractivity contribution >= 4 is 0 Å². The van der Waals surface area contributed by atoms with Gasteiger partial charge in [-0.15, -0.1) is 0 Å². The van der Waals surface area contributed by atoms with E-state index >= 15 is 0 Å². The van der Waals surface area contributed by atoms with Crippen molar-refractivity contribution in [3.8, 4) is 0 Å². The van der Waals surface area contributed by atoms with Gasteiger partial charge < -0.3 is 9.84 Å². The molecule has 1 aromatic heterocycles.